The first-order valence-electron chi connectivity index (χ1n) is 11.5. The van der Waals surface area contributed by atoms with Gasteiger partial charge in [-0.3, -0.25) is 9.59 Å². The van der Waals surface area contributed by atoms with Crippen molar-refractivity contribution in [3.8, 4) is 0 Å². The van der Waals surface area contributed by atoms with Gasteiger partial charge in [0, 0.05) is 18.8 Å². The van der Waals surface area contributed by atoms with Crippen LogP contribution in [0.2, 0.25) is 0 Å². The summed E-state index contributed by atoms with van der Waals surface area (Å²) in [6.45, 7) is 7.23. The molecular formula is C24H38O3. The smallest absolute Gasteiger partial charge is 0.303 e. The maximum absolute atomic E-state index is 13.3. The lowest BCUT2D eigenvalue weighted by Crippen LogP contribution is -2.56. The van der Waals surface area contributed by atoms with Gasteiger partial charge in [-0.2, -0.15) is 0 Å². The minimum absolute atomic E-state index is 0.243. The van der Waals surface area contributed by atoms with Crippen molar-refractivity contribution in [2.75, 3.05) is 0 Å². The summed E-state index contributed by atoms with van der Waals surface area (Å²) in [7, 11) is 0. The summed E-state index contributed by atoms with van der Waals surface area (Å²) in [5.41, 5.74) is 0.637. The topological polar surface area (TPSA) is 54.4 Å². The van der Waals surface area contributed by atoms with E-state index in [4.69, 9.17) is 5.11 Å². The van der Waals surface area contributed by atoms with Crippen molar-refractivity contribution in [3.05, 3.63) is 0 Å². The first-order valence-corrected chi connectivity index (χ1v) is 11.5. The van der Waals surface area contributed by atoms with Gasteiger partial charge < -0.3 is 5.11 Å². The average Bonchev–Trinajstić information content (AvgIpc) is 2.97. The summed E-state index contributed by atoms with van der Waals surface area (Å²) >= 11 is 0. The van der Waals surface area contributed by atoms with E-state index in [-0.39, 0.29) is 11.8 Å². The Hall–Kier alpha value is -0.860. The van der Waals surface area contributed by atoms with Gasteiger partial charge in [0.05, 0.1) is 0 Å². The van der Waals surface area contributed by atoms with Crippen LogP contribution < -0.4 is 0 Å². The molecule has 152 valence electrons. The third-order valence-electron chi connectivity index (χ3n) is 9.96. The molecule has 8 atom stereocenters. The normalized spacial score (nSPS) is 47.7. The summed E-state index contributed by atoms with van der Waals surface area (Å²) in [4.78, 5) is 24.4. The van der Waals surface area contributed by atoms with Crippen molar-refractivity contribution in [1.29, 1.82) is 0 Å². The van der Waals surface area contributed by atoms with Crippen molar-refractivity contribution in [2.24, 2.45) is 46.3 Å². The highest BCUT2D eigenvalue weighted by Gasteiger charge is 2.62. The molecule has 3 heteroatoms. The second kappa shape index (κ2) is 6.88. The lowest BCUT2D eigenvalue weighted by Gasteiger charge is -2.60. The van der Waals surface area contributed by atoms with Crippen molar-refractivity contribution < 1.29 is 14.7 Å². The van der Waals surface area contributed by atoms with E-state index < -0.39 is 5.97 Å². The highest BCUT2D eigenvalue weighted by molar-refractivity contribution is 5.83. The molecule has 4 aliphatic rings. The van der Waals surface area contributed by atoms with E-state index in [0.29, 0.717) is 46.7 Å². The van der Waals surface area contributed by atoms with Crippen LogP contribution in [0.3, 0.4) is 0 Å². The largest absolute Gasteiger partial charge is 0.481 e. The molecule has 4 fully saturated rings. The number of Topliss-reactive ketones (excluding diaryl/α,β-unsaturated/α-hetero) is 1. The van der Waals surface area contributed by atoms with Crippen molar-refractivity contribution in [2.45, 2.75) is 91.4 Å². The lowest BCUT2D eigenvalue weighted by atomic mass is 9.44. The van der Waals surface area contributed by atoms with Gasteiger partial charge in [-0.15, -0.1) is 0 Å². The number of carboxylic acid groups (broad SMARTS) is 1. The molecular weight excluding hydrogens is 336 g/mol. The van der Waals surface area contributed by atoms with E-state index in [9.17, 15) is 9.59 Å². The summed E-state index contributed by atoms with van der Waals surface area (Å²) in [5, 5.41) is 9.08. The van der Waals surface area contributed by atoms with Gasteiger partial charge in [0.1, 0.15) is 5.78 Å². The molecule has 0 bridgehead atoms. The number of fused-ring (bicyclic) bond motifs is 5. The van der Waals surface area contributed by atoms with E-state index in [1.807, 2.05) is 0 Å². The Kier molecular flexibility index (Phi) is 4.96. The van der Waals surface area contributed by atoms with Crippen LogP contribution in [0.15, 0.2) is 0 Å². The molecule has 0 aromatic heterocycles. The van der Waals surface area contributed by atoms with Crippen LogP contribution in [0, 0.1) is 46.3 Å². The van der Waals surface area contributed by atoms with E-state index in [2.05, 4.69) is 20.8 Å². The van der Waals surface area contributed by atoms with E-state index in [0.717, 1.165) is 12.8 Å². The number of carboxylic acids is 1. The van der Waals surface area contributed by atoms with Crippen LogP contribution in [-0.2, 0) is 9.59 Å². The van der Waals surface area contributed by atoms with Crippen LogP contribution in [0.5, 0.6) is 0 Å². The second-order valence-electron chi connectivity index (χ2n) is 11.0. The van der Waals surface area contributed by atoms with E-state index in [1.54, 1.807) is 0 Å². The predicted octanol–water partition coefficient (Wildman–Crippen LogP) is 5.72. The number of hydrogen-bond acceptors (Lipinski definition) is 2. The molecule has 0 amide bonds. The third-order valence-corrected chi connectivity index (χ3v) is 9.96. The maximum Gasteiger partial charge on any atom is 0.303 e. The SMILES string of the molecule is C[C@H](CCC(=O)O)C1CCC2C3C(=O)CC4CCCC[C@]4(C)C3CC[C@@]21C. The minimum atomic E-state index is -0.677. The van der Waals surface area contributed by atoms with Gasteiger partial charge in [0.2, 0.25) is 0 Å². The fourth-order valence-corrected chi connectivity index (χ4v) is 8.49. The molecule has 0 heterocycles. The molecule has 0 spiro atoms. The molecule has 27 heavy (non-hydrogen) atoms. The Labute approximate surface area is 164 Å². The van der Waals surface area contributed by atoms with Crippen LogP contribution in [-0.4, -0.2) is 16.9 Å². The van der Waals surface area contributed by atoms with Gasteiger partial charge in [-0.05, 0) is 85.4 Å². The van der Waals surface area contributed by atoms with Gasteiger partial charge in [0.15, 0.2) is 0 Å². The van der Waals surface area contributed by atoms with Crippen molar-refractivity contribution in [3.63, 3.8) is 0 Å². The molecule has 5 unspecified atom stereocenters. The molecule has 4 aliphatic carbocycles. The van der Waals surface area contributed by atoms with Crippen LogP contribution in [0.1, 0.15) is 91.4 Å². The molecule has 0 aromatic rings. The van der Waals surface area contributed by atoms with Gasteiger partial charge in [-0.1, -0.05) is 33.6 Å². The number of ketones is 1. The Balaban J connectivity index is 1.57. The predicted molar refractivity (Wildman–Crippen MR) is 106 cm³/mol. The van der Waals surface area contributed by atoms with Crippen LogP contribution >= 0.6 is 0 Å². The first-order chi connectivity index (χ1) is 12.8. The molecule has 1 N–H and O–H groups in total. The van der Waals surface area contributed by atoms with Gasteiger partial charge >= 0.3 is 5.97 Å². The van der Waals surface area contributed by atoms with Crippen molar-refractivity contribution >= 4 is 11.8 Å². The molecule has 0 saturated heterocycles. The van der Waals surface area contributed by atoms with Gasteiger partial charge in [-0.25, -0.2) is 0 Å². The van der Waals surface area contributed by atoms with Crippen molar-refractivity contribution in [1.82, 2.24) is 0 Å². The van der Waals surface area contributed by atoms with E-state index >= 15 is 0 Å². The fourth-order valence-electron chi connectivity index (χ4n) is 8.49. The molecule has 0 aromatic carbocycles. The molecule has 3 nitrogen and oxygen atoms in total. The molecule has 4 saturated carbocycles. The third kappa shape index (κ3) is 2.99. The van der Waals surface area contributed by atoms with Gasteiger partial charge in [0.25, 0.3) is 0 Å². The summed E-state index contributed by atoms with van der Waals surface area (Å²) in [6, 6.07) is 0. The fraction of sp³-hybridized carbons (Fsp3) is 0.917. The number of aliphatic carboxylic acids is 1. The minimum Gasteiger partial charge on any atom is -0.481 e. The zero-order chi connectivity index (χ0) is 19.4. The lowest BCUT2D eigenvalue weighted by molar-refractivity contribution is -0.156. The zero-order valence-corrected chi connectivity index (χ0v) is 17.5. The van der Waals surface area contributed by atoms with E-state index in [1.165, 1.54) is 51.4 Å². The molecule has 0 radical (unpaired) electrons. The Morgan fingerprint density at radius 1 is 1.07 bits per heavy atom. The Morgan fingerprint density at radius 2 is 1.81 bits per heavy atom. The summed E-state index contributed by atoms with van der Waals surface area (Å²) in [6.07, 6.45) is 12.0. The Morgan fingerprint density at radius 3 is 2.56 bits per heavy atom. The highest BCUT2D eigenvalue weighted by Crippen LogP contribution is 2.67. The summed E-state index contributed by atoms with van der Waals surface area (Å²) < 4.78 is 0. The van der Waals surface area contributed by atoms with Crippen LogP contribution in [0.25, 0.3) is 0 Å². The maximum atomic E-state index is 13.3. The number of carbonyl (C=O) groups excluding carboxylic acids is 1. The Bertz CT molecular complexity index is 613. The zero-order valence-electron chi connectivity index (χ0n) is 17.5. The number of hydrogen-bond donors (Lipinski definition) is 1. The average molecular weight is 375 g/mol. The summed E-state index contributed by atoms with van der Waals surface area (Å²) in [5.74, 6) is 3.02. The molecule has 4 rings (SSSR count). The molecule has 0 aliphatic heterocycles. The monoisotopic (exact) mass is 374 g/mol. The second-order valence-corrected chi connectivity index (χ2v) is 11.0. The standard InChI is InChI=1S/C24H38O3/c1-15(7-10-21(26)27)17-8-9-18-22-19(11-13-24(17,18)3)23(2)12-5-4-6-16(23)14-20(22)25/h15-19,22H,4-14H2,1-3H3,(H,26,27)/t15-,16?,17?,18?,19?,22?,23+,24-/m1/s1. The number of carbonyl (C=O) groups is 2. The first kappa shape index (κ1) is 19.5. The quantitative estimate of drug-likeness (QED) is 0.685. The number of rotatable bonds is 4. The van der Waals surface area contributed by atoms with Crippen LogP contribution in [0.4, 0.5) is 0 Å². The highest BCUT2D eigenvalue weighted by atomic mass is 16.4.